The Labute approximate surface area is 363 Å². The van der Waals surface area contributed by atoms with Crippen molar-refractivity contribution >= 4 is 17.9 Å². The predicted octanol–water partition coefficient (Wildman–Crippen LogP) is 15.9. The highest BCUT2D eigenvalue weighted by molar-refractivity contribution is 5.72. The summed E-state index contributed by atoms with van der Waals surface area (Å²) in [5.74, 6) is -1.05. The molecule has 1 unspecified atom stereocenters. The number of hydrogen-bond acceptors (Lipinski definition) is 6. The van der Waals surface area contributed by atoms with Crippen LogP contribution in [-0.4, -0.2) is 37.2 Å². The Kier molecular flexibility index (Phi) is 45.0. The molecule has 0 spiro atoms. The zero-order valence-electron chi connectivity index (χ0n) is 38.5. The van der Waals surface area contributed by atoms with Gasteiger partial charge in [-0.1, -0.05) is 216 Å². The number of carbonyl (C=O) groups excluding carboxylic acids is 3. The van der Waals surface area contributed by atoms with Crippen LogP contribution >= 0.6 is 0 Å². The summed E-state index contributed by atoms with van der Waals surface area (Å²) in [5, 5.41) is 0. The van der Waals surface area contributed by atoms with Gasteiger partial charge < -0.3 is 14.2 Å². The SMILES string of the molecule is CC/C=C\C/C=C\C/C=C\CCCCCCCCC(=O)OCC(COC(=O)C/C=C\C/C=C\C/C=C\CC)OC(=O)CCCCCCCCCCCCCCCCCC. The lowest BCUT2D eigenvalue weighted by Gasteiger charge is -2.18. The van der Waals surface area contributed by atoms with Gasteiger partial charge in [-0.2, -0.15) is 0 Å². The van der Waals surface area contributed by atoms with Gasteiger partial charge in [-0.3, -0.25) is 14.4 Å². The quantitative estimate of drug-likeness (QED) is 0.0264. The van der Waals surface area contributed by atoms with Crippen LogP contribution in [0.3, 0.4) is 0 Å². The molecular weight excluding hydrogens is 733 g/mol. The molecule has 6 heteroatoms. The first-order valence-corrected chi connectivity index (χ1v) is 24.4. The average Bonchev–Trinajstić information content (AvgIpc) is 3.23. The Bertz CT molecular complexity index is 1130. The van der Waals surface area contributed by atoms with Gasteiger partial charge in [0.1, 0.15) is 13.2 Å². The maximum absolute atomic E-state index is 12.8. The normalized spacial score (nSPS) is 12.7. The van der Waals surface area contributed by atoms with Crippen LogP contribution in [0.15, 0.2) is 72.9 Å². The first-order valence-electron chi connectivity index (χ1n) is 24.4. The van der Waals surface area contributed by atoms with E-state index in [0.717, 1.165) is 89.9 Å². The molecular formula is C53H90O6. The van der Waals surface area contributed by atoms with Crippen molar-refractivity contribution in [3.63, 3.8) is 0 Å². The fourth-order valence-corrected chi connectivity index (χ4v) is 6.63. The molecule has 0 N–H and O–H groups in total. The van der Waals surface area contributed by atoms with Crippen LogP contribution in [0.2, 0.25) is 0 Å². The molecule has 59 heavy (non-hydrogen) atoms. The molecule has 0 aliphatic carbocycles. The van der Waals surface area contributed by atoms with Crippen molar-refractivity contribution < 1.29 is 28.6 Å². The third-order valence-electron chi connectivity index (χ3n) is 10.2. The van der Waals surface area contributed by atoms with E-state index < -0.39 is 12.1 Å². The molecule has 6 nitrogen and oxygen atoms in total. The monoisotopic (exact) mass is 823 g/mol. The lowest BCUT2D eigenvalue weighted by Crippen LogP contribution is -2.30. The van der Waals surface area contributed by atoms with Crippen LogP contribution in [-0.2, 0) is 28.6 Å². The molecule has 0 bridgehead atoms. The summed E-state index contributed by atoms with van der Waals surface area (Å²) in [4.78, 5) is 37.7. The summed E-state index contributed by atoms with van der Waals surface area (Å²) in [7, 11) is 0. The highest BCUT2D eigenvalue weighted by atomic mass is 16.6. The minimum absolute atomic E-state index is 0.108. The highest BCUT2D eigenvalue weighted by Crippen LogP contribution is 2.15. The largest absolute Gasteiger partial charge is 0.462 e. The highest BCUT2D eigenvalue weighted by Gasteiger charge is 2.19. The molecule has 0 radical (unpaired) electrons. The van der Waals surface area contributed by atoms with Gasteiger partial charge in [0.2, 0.25) is 0 Å². The second-order valence-corrected chi connectivity index (χ2v) is 16.0. The van der Waals surface area contributed by atoms with E-state index in [0.29, 0.717) is 12.8 Å². The molecule has 0 saturated carbocycles. The maximum atomic E-state index is 12.8. The van der Waals surface area contributed by atoms with Crippen molar-refractivity contribution in [1.82, 2.24) is 0 Å². The Morgan fingerprint density at radius 2 is 0.729 bits per heavy atom. The number of hydrogen-bond donors (Lipinski definition) is 0. The van der Waals surface area contributed by atoms with E-state index in [-0.39, 0.29) is 31.6 Å². The van der Waals surface area contributed by atoms with Crippen molar-refractivity contribution in [1.29, 1.82) is 0 Å². The number of allylic oxidation sites excluding steroid dienone is 11. The lowest BCUT2D eigenvalue weighted by molar-refractivity contribution is -0.166. The number of ether oxygens (including phenoxy) is 3. The average molecular weight is 823 g/mol. The van der Waals surface area contributed by atoms with Crippen LogP contribution in [0.4, 0.5) is 0 Å². The van der Waals surface area contributed by atoms with Crippen LogP contribution in [0.5, 0.6) is 0 Å². The third-order valence-corrected chi connectivity index (χ3v) is 10.2. The first-order chi connectivity index (χ1) is 29.0. The molecule has 0 aromatic rings. The Hall–Kier alpha value is -3.15. The predicted molar refractivity (Wildman–Crippen MR) is 251 cm³/mol. The summed E-state index contributed by atoms with van der Waals surface area (Å²) < 4.78 is 16.6. The molecule has 0 fully saturated rings. The number of carbonyl (C=O) groups is 3. The van der Waals surface area contributed by atoms with Gasteiger partial charge in [-0.05, 0) is 64.2 Å². The van der Waals surface area contributed by atoms with Gasteiger partial charge in [0, 0.05) is 12.8 Å². The molecule has 0 heterocycles. The molecule has 0 aromatic carbocycles. The third kappa shape index (κ3) is 45.8. The molecule has 0 amide bonds. The number of rotatable bonds is 43. The summed E-state index contributed by atoms with van der Waals surface area (Å²) in [5.41, 5.74) is 0. The second kappa shape index (κ2) is 47.5. The Morgan fingerprint density at radius 3 is 1.19 bits per heavy atom. The van der Waals surface area contributed by atoms with Crippen molar-refractivity contribution in [3.05, 3.63) is 72.9 Å². The van der Waals surface area contributed by atoms with Crippen LogP contribution in [0, 0.1) is 0 Å². The summed E-state index contributed by atoms with van der Waals surface area (Å²) >= 11 is 0. The minimum atomic E-state index is -0.812. The number of unbranched alkanes of at least 4 members (excludes halogenated alkanes) is 21. The fourth-order valence-electron chi connectivity index (χ4n) is 6.63. The molecule has 338 valence electrons. The molecule has 0 saturated heterocycles. The molecule has 0 aliphatic heterocycles. The zero-order valence-corrected chi connectivity index (χ0v) is 38.5. The topological polar surface area (TPSA) is 78.9 Å². The first kappa shape index (κ1) is 55.9. The van der Waals surface area contributed by atoms with E-state index in [4.69, 9.17) is 14.2 Å². The van der Waals surface area contributed by atoms with E-state index in [2.05, 4.69) is 81.5 Å². The van der Waals surface area contributed by atoms with Crippen molar-refractivity contribution in [3.8, 4) is 0 Å². The Balaban J connectivity index is 4.39. The fraction of sp³-hybridized carbons (Fsp3) is 0.717. The van der Waals surface area contributed by atoms with E-state index in [1.54, 1.807) is 6.08 Å². The second-order valence-electron chi connectivity index (χ2n) is 16.0. The zero-order chi connectivity index (χ0) is 43.0. The molecule has 0 rings (SSSR count). The van der Waals surface area contributed by atoms with E-state index in [1.807, 2.05) is 6.08 Å². The van der Waals surface area contributed by atoms with Crippen molar-refractivity contribution in [2.75, 3.05) is 13.2 Å². The number of esters is 3. The summed E-state index contributed by atoms with van der Waals surface area (Å²) in [6.07, 6.45) is 59.2. The van der Waals surface area contributed by atoms with Crippen molar-refractivity contribution in [2.45, 2.75) is 232 Å². The van der Waals surface area contributed by atoms with Gasteiger partial charge >= 0.3 is 17.9 Å². The van der Waals surface area contributed by atoms with Gasteiger partial charge in [0.15, 0.2) is 6.10 Å². The van der Waals surface area contributed by atoms with Gasteiger partial charge in [-0.15, -0.1) is 0 Å². The maximum Gasteiger partial charge on any atom is 0.309 e. The smallest absolute Gasteiger partial charge is 0.309 e. The lowest BCUT2D eigenvalue weighted by atomic mass is 10.0. The molecule has 0 aliphatic rings. The van der Waals surface area contributed by atoms with E-state index in [1.165, 1.54) is 96.3 Å². The molecule has 0 aromatic heterocycles. The van der Waals surface area contributed by atoms with Gasteiger partial charge in [0.05, 0.1) is 6.42 Å². The molecule has 1 atom stereocenters. The van der Waals surface area contributed by atoms with Gasteiger partial charge in [0.25, 0.3) is 0 Å². The van der Waals surface area contributed by atoms with Crippen LogP contribution < -0.4 is 0 Å². The summed E-state index contributed by atoms with van der Waals surface area (Å²) in [6, 6.07) is 0. The van der Waals surface area contributed by atoms with Crippen LogP contribution in [0.25, 0.3) is 0 Å². The Morgan fingerprint density at radius 1 is 0.373 bits per heavy atom. The van der Waals surface area contributed by atoms with Crippen molar-refractivity contribution in [2.24, 2.45) is 0 Å². The van der Waals surface area contributed by atoms with E-state index in [9.17, 15) is 14.4 Å². The van der Waals surface area contributed by atoms with Crippen LogP contribution in [0.1, 0.15) is 226 Å². The van der Waals surface area contributed by atoms with E-state index >= 15 is 0 Å². The standard InChI is InChI=1S/C53H90O6/c1-4-7-10-13-16-19-21-23-25-27-29-31-34-37-40-43-46-52(55)58-49-50(48-57-51(54)45-42-39-36-33-18-15-12-9-6-3)59-53(56)47-44-41-38-35-32-30-28-26-24-22-20-17-14-11-8-5-2/h7,9-10,12,16,18-19,23,25,33,39,42,50H,4-6,8,11,13-15,17,20-22,24,26-32,34-38,40-41,43-49H2,1-3H3/b10-7-,12-9-,19-16-,25-23-,33-18-,42-39-. The minimum Gasteiger partial charge on any atom is -0.462 e. The van der Waals surface area contributed by atoms with Gasteiger partial charge in [-0.25, -0.2) is 0 Å². The summed E-state index contributed by atoms with van der Waals surface area (Å²) in [6.45, 7) is 6.30.